The number of para-hydroxylation sites is 1. The molecule has 0 saturated carbocycles. The second-order valence-electron chi connectivity index (χ2n) is 7.44. The van der Waals surface area contributed by atoms with Gasteiger partial charge in [-0.15, -0.1) is 0 Å². The Morgan fingerprint density at radius 2 is 1.75 bits per heavy atom. The Hall–Kier alpha value is -4.07. The van der Waals surface area contributed by atoms with E-state index in [0.29, 0.717) is 22.9 Å². The Kier molecular flexibility index (Phi) is 5.68. The Labute approximate surface area is 184 Å². The smallest absolute Gasteiger partial charge is 0.270 e. The average molecular weight is 432 g/mol. The van der Waals surface area contributed by atoms with Crippen molar-refractivity contribution in [1.82, 2.24) is 15.3 Å². The Bertz CT molecular complexity index is 1330. The zero-order valence-corrected chi connectivity index (χ0v) is 18.3. The monoisotopic (exact) mass is 432 g/mol. The van der Waals surface area contributed by atoms with Gasteiger partial charge in [0.25, 0.3) is 5.91 Å². The fourth-order valence-corrected chi connectivity index (χ4v) is 3.62. The number of anilines is 1. The number of fused-ring (bicyclic) bond motifs is 3. The molecule has 0 aliphatic rings. The number of nitrogens with zero attached hydrogens (tertiary/aromatic N) is 1. The number of hydrogen-bond donors (Lipinski definition) is 3. The van der Waals surface area contributed by atoms with Crippen molar-refractivity contribution in [3.8, 4) is 11.5 Å². The van der Waals surface area contributed by atoms with E-state index in [-0.39, 0.29) is 11.6 Å². The van der Waals surface area contributed by atoms with E-state index >= 15 is 0 Å². The topological polar surface area (TPSA) is 105 Å². The standard InChI is InChI=1S/C24H24N4O4/c1-13-22-17(16-7-5-6-8-18(16)28-22)12-19(25-13)24(30)26-14(2)23(29)27-15-9-10-20(31-3)21(11-15)32-4/h5-12,14,28H,1-4H3,(H,26,30)(H,27,29). The second kappa shape index (κ2) is 8.58. The number of ether oxygens (including phenoxy) is 2. The normalized spacial score (nSPS) is 11.9. The molecule has 0 aliphatic heterocycles. The fraction of sp³-hybridized carbons (Fsp3) is 0.208. The minimum absolute atomic E-state index is 0.255. The SMILES string of the molecule is COc1ccc(NC(=O)C(C)NC(=O)c2cc3c([nH]c4ccccc43)c(C)n2)cc1OC. The highest BCUT2D eigenvalue weighted by Gasteiger charge is 2.20. The minimum atomic E-state index is -0.781. The summed E-state index contributed by atoms with van der Waals surface area (Å²) in [7, 11) is 3.06. The maximum absolute atomic E-state index is 12.8. The van der Waals surface area contributed by atoms with Crippen LogP contribution in [0.25, 0.3) is 21.8 Å². The summed E-state index contributed by atoms with van der Waals surface area (Å²) >= 11 is 0. The molecule has 0 saturated heterocycles. The molecule has 0 bridgehead atoms. The average Bonchev–Trinajstić information content (AvgIpc) is 3.18. The summed E-state index contributed by atoms with van der Waals surface area (Å²) in [5.41, 5.74) is 3.37. The van der Waals surface area contributed by atoms with E-state index in [0.717, 1.165) is 21.8 Å². The zero-order valence-electron chi connectivity index (χ0n) is 18.3. The van der Waals surface area contributed by atoms with Gasteiger partial charge >= 0.3 is 0 Å². The summed E-state index contributed by atoms with van der Waals surface area (Å²) in [5, 5.41) is 7.42. The van der Waals surface area contributed by atoms with Crippen LogP contribution < -0.4 is 20.1 Å². The van der Waals surface area contributed by atoms with Crippen LogP contribution >= 0.6 is 0 Å². The molecule has 1 atom stereocenters. The van der Waals surface area contributed by atoms with Gasteiger partial charge in [-0.1, -0.05) is 18.2 Å². The third-order valence-electron chi connectivity index (χ3n) is 5.30. The first-order valence-corrected chi connectivity index (χ1v) is 10.1. The Balaban J connectivity index is 1.51. The number of methoxy groups -OCH3 is 2. The van der Waals surface area contributed by atoms with Crippen molar-refractivity contribution in [1.29, 1.82) is 0 Å². The number of rotatable bonds is 6. The van der Waals surface area contributed by atoms with Gasteiger partial charge in [0.1, 0.15) is 11.7 Å². The number of aryl methyl sites for hydroxylation is 1. The van der Waals surface area contributed by atoms with Crippen LogP contribution in [0.4, 0.5) is 5.69 Å². The van der Waals surface area contributed by atoms with Gasteiger partial charge in [0.2, 0.25) is 5.91 Å². The van der Waals surface area contributed by atoms with Gasteiger partial charge in [-0.25, -0.2) is 4.98 Å². The summed E-state index contributed by atoms with van der Waals surface area (Å²) in [4.78, 5) is 33.2. The summed E-state index contributed by atoms with van der Waals surface area (Å²) in [6.07, 6.45) is 0. The molecule has 0 fully saturated rings. The van der Waals surface area contributed by atoms with E-state index in [1.54, 1.807) is 31.2 Å². The number of carbonyl (C=O) groups excluding carboxylic acids is 2. The molecule has 2 heterocycles. The maximum atomic E-state index is 12.8. The number of carbonyl (C=O) groups is 2. The predicted molar refractivity (Wildman–Crippen MR) is 123 cm³/mol. The number of H-pyrrole nitrogens is 1. The van der Waals surface area contributed by atoms with Crippen LogP contribution in [0.5, 0.6) is 11.5 Å². The lowest BCUT2D eigenvalue weighted by molar-refractivity contribution is -0.117. The number of benzene rings is 2. The van der Waals surface area contributed by atoms with Crippen LogP contribution in [0.3, 0.4) is 0 Å². The number of nitrogens with one attached hydrogen (secondary N) is 3. The predicted octanol–water partition coefficient (Wildman–Crippen LogP) is 3.80. The third kappa shape index (κ3) is 3.94. The van der Waals surface area contributed by atoms with Crippen molar-refractivity contribution in [3.63, 3.8) is 0 Å². The summed E-state index contributed by atoms with van der Waals surface area (Å²) in [6.45, 7) is 3.47. The summed E-state index contributed by atoms with van der Waals surface area (Å²) in [6, 6.07) is 13.9. The van der Waals surface area contributed by atoms with E-state index < -0.39 is 11.9 Å². The van der Waals surface area contributed by atoms with Gasteiger partial charge in [-0.3, -0.25) is 9.59 Å². The van der Waals surface area contributed by atoms with Crippen LogP contribution in [0.2, 0.25) is 0 Å². The molecule has 8 heteroatoms. The molecule has 2 aromatic heterocycles. The van der Waals surface area contributed by atoms with Crippen molar-refractivity contribution in [3.05, 3.63) is 59.9 Å². The van der Waals surface area contributed by atoms with E-state index in [1.807, 2.05) is 31.2 Å². The van der Waals surface area contributed by atoms with Crippen molar-refractivity contribution in [2.45, 2.75) is 19.9 Å². The van der Waals surface area contributed by atoms with Crippen LogP contribution in [0.15, 0.2) is 48.5 Å². The van der Waals surface area contributed by atoms with Gasteiger partial charge < -0.3 is 25.1 Å². The molecular weight excluding hydrogens is 408 g/mol. The molecule has 8 nitrogen and oxygen atoms in total. The van der Waals surface area contributed by atoms with Crippen molar-refractivity contribution in [2.24, 2.45) is 0 Å². The first-order valence-electron chi connectivity index (χ1n) is 10.1. The Morgan fingerprint density at radius 1 is 1.00 bits per heavy atom. The van der Waals surface area contributed by atoms with Crippen LogP contribution in [0, 0.1) is 6.92 Å². The maximum Gasteiger partial charge on any atom is 0.270 e. The molecular formula is C24H24N4O4. The molecule has 0 radical (unpaired) electrons. The molecule has 3 N–H and O–H groups in total. The zero-order chi connectivity index (χ0) is 22.8. The number of aromatic amines is 1. The lowest BCUT2D eigenvalue weighted by atomic mass is 10.1. The van der Waals surface area contributed by atoms with Gasteiger partial charge in [-0.2, -0.15) is 0 Å². The first-order chi connectivity index (χ1) is 15.4. The molecule has 164 valence electrons. The fourth-order valence-electron chi connectivity index (χ4n) is 3.62. The summed E-state index contributed by atoms with van der Waals surface area (Å²) in [5.74, 6) is 0.264. The second-order valence-corrected chi connectivity index (χ2v) is 7.44. The molecule has 1 unspecified atom stereocenters. The molecule has 4 aromatic rings. The number of pyridine rings is 1. The van der Waals surface area contributed by atoms with Gasteiger partial charge in [0.05, 0.1) is 25.4 Å². The third-order valence-corrected chi connectivity index (χ3v) is 5.30. The van der Waals surface area contributed by atoms with Crippen LogP contribution in [0.1, 0.15) is 23.1 Å². The largest absolute Gasteiger partial charge is 0.493 e. The van der Waals surface area contributed by atoms with Gasteiger partial charge in [-0.05, 0) is 38.1 Å². The van der Waals surface area contributed by atoms with Crippen molar-refractivity contribution >= 4 is 39.3 Å². The Morgan fingerprint density at radius 3 is 2.50 bits per heavy atom. The molecule has 32 heavy (non-hydrogen) atoms. The van der Waals surface area contributed by atoms with Crippen LogP contribution in [-0.4, -0.2) is 42.0 Å². The summed E-state index contributed by atoms with van der Waals surface area (Å²) < 4.78 is 10.5. The van der Waals surface area contributed by atoms with E-state index in [4.69, 9.17) is 9.47 Å². The van der Waals surface area contributed by atoms with Gasteiger partial charge in [0, 0.05) is 28.0 Å². The number of amides is 2. The highest BCUT2D eigenvalue weighted by Crippen LogP contribution is 2.30. The molecule has 0 spiro atoms. The van der Waals surface area contributed by atoms with Crippen LogP contribution in [-0.2, 0) is 4.79 Å². The molecule has 2 aromatic carbocycles. The highest BCUT2D eigenvalue weighted by molar-refractivity contribution is 6.10. The molecule has 4 rings (SSSR count). The van der Waals surface area contributed by atoms with E-state index in [9.17, 15) is 9.59 Å². The number of aromatic nitrogens is 2. The minimum Gasteiger partial charge on any atom is -0.493 e. The number of hydrogen-bond acceptors (Lipinski definition) is 5. The van der Waals surface area contributed by atoms with Crippen molar-refractivity contribution < 1.29 is 19.1 Å². The first kappa shape index (κ1) is 21.2. The van der Waals surface area contributed by atoms with E-state index in [2.05, 4.69) is 20.6 Å². The van der Waals surface area contributed by atoms with Gasteiger partial charge in [0.15, 0.2) is 11.5 Å². The quantitative estimate of drug-likeness (QED) is 0.430. The van der Waals surface area contributed by atoms with E-state index in [1.165, 1.54) is 14.2 Å². The molecule has 0 aliphatic carbocycles. The molecule has 2 amide bonds. The highest BCUT2D eigenvalue weighted by atomic mass is 16.5. The lowest BCUT2D eigenvalue weighted by Gasteiger charge is -2.15. The van der Waals surface area contributed by atoms with Crippen molar-refractivity contribution in [2.75, 3.05) is 19.5 Å². The lowest BCUT2D eigenvalue weighted by Crippen LogP contribution is -2.41.